The van der Waals surface area contributed by atoms with E-state index < -0.39 is 23.3 Å². The number of aromatic nitrogens is 4. The Morgan fingerprint density at radius 2 is 2.15 bits per heavy atom. The first-order chi connectivity index (χ1) is 12.7. The highest BCUT2D eigenvalue weighted by atomic mass is 35.5. The number of anilines is 1. The van der Waals surface area contributed by atoms with Gasteiger partial charge in [-0.3, -0.25) is 19.4 Å². The summed E-state index contributed by atoms with van der Waals surface area (Å²) in [5.41, 5.74) is -1.09. The summed E-state index contributed by atoms with van der Waals surface area (Å²) in [6.45, 7) is 1.75. The molecule has 0 atom stereocenters. The fourth-order valence-corrected chi connectivity index (χ4v) is 3.81. The standard InChI is InChI=1S/C16H13ClF3N5OS/c1-3-25(14(26)10-8-24(2)23-11(10)16(18,19)20)15-12(17)22-13(27-15)9-5-4-6-21-7-9/h4-8H,3H2,1-2H3. The topological polar surface area (TPSA) is 63.9 Å². The molecule has 0 unspecified atom stereocenters. The van der Waals surface area contributed by atoms with Crippen molar-refractivity contribution < 1.29 is 18.0 Å². The van der Waals surface area contributed by atoms with Gasteiger partial charge in [-0.1, -0.05) is 22.9 Å². The Morgan fingerprint density at radius 3 is 2.74 bits per heavy atom. The number of nitrogens with zero attached hydrogens (tertiary/aromatic N) is 5. The van der Waals surface area contributed by atoms with Gasteiger partial charge in [0.1, 0.15) is 10.0 Å². The van der Waals surface area contributed by atoms with Gasteiger partial charge in [0.15, 0.2) is 10.8 Å². The van der Waals surface area contributed by atoms with Crippen LogP contribution in [0.3, 0.4) is 0 Å². The normalized spacial score (nSPS) is 11.6. The van der Waals surface area contributed by atoms with Crippen molar-refractivity contribution in [2.45, 2.75) is 13.1 Å². The number of alkyl halides is 3. The van der Waals surface area contributed by atoms with Crippen molar-refractivity contribution >= 4 is 33.8 Å². The van der Waals surface area contributed by atoms with Gasteiger partial charge >= 0.3 is 6.18 Å². The fourth-order valence-electron chi connectivity index (χ4n) is 2.45. The third kappa shape index (κ3) is 3.81. The van der Waals surface area contributed by atoms with E-state index in [2.05, 4.69) is 15.1 Å². The Labute approximate surface area is 161 Å². The molecule has 3 heterocycles. The molecule has 0 fully saturated rings. The Kier molecular flexibility index (Phi) is 5.20. The van der Waals surface area contributed by atoms with Gasteiger partial charge in [-0.05, 0) is 19.1 Å². The van der Waals surface area contributed by atoms with E-state index in [-0.39, 0.29) is 16.7 Å². The van der Waals surface area contributed by atoms with Crippen molar-refractivity contribution in [3.63, 3.8) is 0 Å². The van der Waals surface area contributed by atoms with Crippen molar-refractivity contribution in [1.29, 1.82) is 0 Å². The second-order valence-corrected chi connectivity index (χ2v) is 6.80. The summed E-state index contributed by atoms with van der Waals surface area (Å²) in [7, 11) is 1.32. The number of thiazole rings is 1. The Balaban J connectivity index is 2.02. The van der Waals surface area contributed by atoms with E-state index in [1.54, 1.807) is 31.5 Å². The van der Waals surface area contributed by atoms with Crippen LogP contribution in [0.2, 0.25) is 5.15 Å². The van der Waals surface area contributed by atoms with Gasteiger partial charge < -0.3 is 0 Å². The SMILES string of the molecule is CCN(C(=O)c1cn(C)nc1C(F)(F)F)c1sc(-c2cccnc2)nc1Cl. The second-order valence-electron chi connectivity index (χ2n) is 5.47. The molecule has 0 aromatic carbocycles. The molecule has 1 amide bonds. The maximum absolute atomic E-state index is 13.2. The van der Waals surface area contributed by atoms with Crippen LogP contribution in [-0.2, 0) is 13.2 Å². The van der Waals surface area contributed by atoms with Crippen LogP contribution in [0.15, 0.2) is 30.7 Å². The van der Waals surface area contributed by atoms with Gasteiger partial charge in [0.05, 0.1) is 5.56 Å². The molecule has 6 nitrogen and oxygen atoms in total. The zero-order chi connectivity index (χ0) is 19.8. The maximum atomic E-state index is 13.2. The highest BCUT2D eigenvalue weighted by Crippen LogP contribution is 2.39. The summed E-state index contributed by atoms with van der Waals surface area (Å²) in [5, 5.41) is 4.19. The predicted octanol–water partition coefficient (Wildman–Crippen LogP) is 4.28. The third-order valence-corrected chi connectivity index (χ3v) is 5.12. The van der Waals surface area contributed by atoms with E-state index in [9.17, 15) is 18.0 Å². The highest BCUT2D eigenvalue weighted by molar-refractivity contribution is 7.19. The van der Waals surface area contributed by atoms with Crippen LogP contribution in [0.4, 0.5) is 18.2 Å². The number of rotatable bonds is 4. The molecule has 3 aromatic rings. The van der Waals surface area contributed by atoms with Crippen LogP contribution in [0.25, 0.3) is 10.6 Å². The minimum absolute atomic E-state index is 0.0338. The van der Waals surface area contributed by atoms with Gasteiger partial charge in [0.2, 0.25) is 0 Å². The van der Waals surface area contributed by atoms with Crippen molar-refractivity contribution in [3.05, 3.63) is 47.1 Å². The van der Waals surface area contributed by atoms with Crippen LogP contribution in [-0.4, -0.2) is 32.2 Å². The molecule has 0 N–H and O–H groups in total. The van der Waals surface area contributed by atoms with Crippen LogP contribution in [0.1, 0.15) is 23.0 Å². The summed E-state index contributed by atoms with van der Waals surface area (Å²) >= 11 is 7.28. The summed E-state index contributed by atoms with van der Waals surface area (Å²) in [4.78, 5) is 22.2. The molecule has 0 spiro atoms. The lowest BCUT2D eigenvalue weighted by Gasteiger charge is -2.19. The summed E-state index contributed by atoms with van der Waals surface area (Å²) < 4.78 is 40.6. The number of carbonyl (C=O) groups is 1. The minimum atomic E-state index is -4.75. The number of hydrogen-bond acceptors (Lipinski definition) is 5. The molecule has 3 rings (SSSR count). The van der Waals surface area contributed by atoms with E-state index in [1.807, 2.05) is 0 Å². The first-order valence-electron chi connectivity index (χ1n) is 7.71. The van der Waals surface area contributed by atoms with Gasteiger partial charge in [-0.2, -0.15) is 18.3 Å². The Bertz CT molecular complexity index is 970. The number of halogens is 4. The van der Waals surface area contributed by atoms with Crippen molar-refractivity contribution in [3.8, 4) is 10.6 Å². The first-order valence-corrected chi connectivity index (χ1v) is 8.91. The van der Waals surface area contributed by atoms with Crippen molar-refractivity contribution in [2.75, 3.05) is 11.4 Å². The molecule has 3 aromatic heterocycles. The van der Waals surface area contributed by atoms with Gasteiger partial charge in [-0.15, -0.1) is 0 Å². The molecule has 0 saturated carbocycles. The maximum Gasteiger partial charge on any atom is 0.435 e. The molecule has 0 bridgehead atoms. The second kappa shape index (κ2) is 7.28. The Hall–Kier alpha value is -2.46. The van der Waals surface area contributed by atoms with Crippen molar-refractivity contribution in [2.24, 2.45) is 7.05 Å². The predicted molar refractivity (Wildman–Crippen MR) is 95.9 cm³/mol. The number of amides is 1. The van der Waals surface area contributed by atoms with Crippen LogP contribution in [0, 0.1) is 0 Å². The number of hydrogen-bond donors (Lipinski definition) is 0. The molecular formula is C16H13ClF3N5OS. The van der Waals surface area contributed by atoms with Gasteiger partial charge in [0.25, 0.3) is 5.91 Å². The number of carbonyl (C=O) groups excluding carboxylic acids is 1. The lowest BCUT2D eigenvalue weighted by atomic mass is 10.2. The minimum Gasteiger partial charge on any atom is -0.297 e. The molecule has 0 aliphatic rings. The molecule has 11 heteroatoms. The molecule has 0 aliphatic heterocycles. The molecule has 142 valence electrons. The lowest BCUT2D eigenvalue weighted by molar-refractivity contribution is -0.141. The fraction of sp³-hybridized carbons (Fsp3) is 0.250. The average molecular weight is 416 g/mol. The molecule has 27 heavy (non-hydrogen) atoms. The zero-order valence-corrected chi connectivity index (χ0v) is 15.7. The molecule has 0 saturated heterocycles. The number of aryl methyl sites for hydroxylation is 1. The molecule has 0 radical (unpaired) electrons. The van der Waals surface area contributed by atoms with Crippen molar-refractivity contribution in [1.82, 2.24) is 19.7 Å². The van der Waals surface area contributed by atoms with E-state index in [4.69, 9.17) is 11.6 Å². The average Bonchev–Trinajstić information content (AvgIpc) is 3.20. The largest absolute Gasteiger partial charge is 0.435 e. The van der Waals surface area contributed by atoms with Gasteiger partial charge in [0, 0.05) is 37.7 Å². The van der Waals surface area contributed by atoms with E-state index in [0.717, 1.165) is 27.1 Å². The summed E-state index contributed by atoms with van der Waals surface area (Å²) in [6.07, 6.45) is -0.517. The first kappa shape index (κ1) is 19.3. The highest BCUT2D eigenvalue weighted by Gasteiger charge is 2.40. The van der Waals surface area contributed by atoms with Crippen LogP contribution >= 0.6 is 22.9 Å². The van der Waals surface area contributed by atoms with E-state index in [1.165, 1.54) is 7.05 Å². The molecule has 0 aliphatic carbocycles. The van der Waals surface area contributed by atoms with Crippen LogP contribution < -0.4 is 4.90 Å². The lowest BCUT2D eigenvalue weighted by Crippen LogP contribution is -2.31. The summed E-state index contributed by atoms with van der Waals surface area (Å²) in [6, 6.07) is 3.49. The quantitative estimate of drug-likeness (QED) is 0.638. The van der Waals surface area contributed by atoms with E-state index >= 15 is 0 Å². The Morgan fingerprint density at radius 1 is 1.41 bits per heavy atom. The molecular weight excluding hydrogens is 403 g/mol. The number of pyridine rings is 1. The summed E-state index contributed by atoms with van der Waals surface area (Å²) in [5.74, 6) is -0.846. The van der Waals surface area contributed by atoms with Crippen LogP contribution in [0.5, 0.6) is 0 Å². The van der Waals surface area contributed by atoms with Gasteiger partial charge in [-0.25, -0.2) is 4.98 Å². The third-order valence-electron chi connectivity index (χ3n) is 3.61. The monoisotopic (exact) mass is 415 g/mol. The smallest absolute Gasteiger partial charge is 0.297 e. The van der Waals surface area contributed by atoms with E-state index in [0.29, 0.717) is 10.6 Å². The zero-order valence-electron chi connectivity index (χ0n) is 14.2.